The Labute approximate surface area is 177 Å². The third kappa shape index (κ3) is 6.11. The number of nitrogens with zero attached hydrogens (tertiary/aromatic N) is 1. The monoisotopic (exact) mass is 421 g/mol. The van der Waals surface area contributed by atoms with Gasteiger partial charge in [-0.3, -0.25) is 14.4 Å². The minimum atomic E-state index is -0.717. The van der Waals surface area contributed by atoms with E-state index in [1.807, 2.05) is 60.7 Å². The summed E-state index contributed by atoms with van der Waals surface area (Å²) >= 11 is 1.26. The molecule has 2 N–H and O–H groups in total. The van der Waals surface area contributed by atoms with Crippen molar-refractivity contribution in [1.29, 1.82) is 0 Å². The lowest BCUT2D eigenvalue weighted by Gasteiger charge is -2.08. The second kappa shape index (κ2) is 10.7. The van der Waals surface area contributed by atoms with Crippen molar-refractivity contribution in [1.82, 2.24) is 10.7 Å². The van der Waals surface area contributed by atoms with E-state index in [4.69, 9.17) is 4.74 Å². The Morgan fingerprint density at radius 2 is 1.50 bits per heavy atom. The Morgan fingerprint density at radius 1 is 0.867 bits per heavy atom. The normalized spacial score (nSPS) is 10.0. The second-order valence-corrected chi connectivity index (χ2v) is 7.00. The van der Waals surface area contributed by atoms with Gasteiger partial charge >= 0.3 is 5.97 Å². The quantitative estimate of drug-likeness (QED) is 0.332. The zero-order valence-electron chi connectivity index (χ0n) is 15.9. The highest BCUT2D eigenvalue weighted by molar-refractivity contribution is 7.12. The van der Waals surface area contributed by atoms with Gasteiger partial charge in [0.2, 0.25) is 0 Å². The molecular formula is C22H19N3O4S. The van der Waals surface area contributed by atoms with E-state index in [0.717, 1.165) is 11.1 Å². The van der Waals surface area contributed by atoms with Crippen LogP contribution in [0.15, 0.2) is 83.3 Å². The molecule has 152 valence electrons. The second-order valence-electron chi connectivity index (χ2n) is 6.05. The lowest BCUT2D eigenvalue weighted by molar-refractivity contribution is -0.147. The summed E-state index contributed by atoms with van der Waals surface area (Å²) < 4.78 is 4.88. The summed E-state index contributed by atoms with van der Waals surface area (Å²) in [5, 5.41) is 8.41. The van der Waals surface area contributed by atoms with E-state index in [0.29, 0.717) is 10.6 Å². The van der Waals surface area contributed by atoms with E-state index in [9.17, 15) is 14.4 Å². The molecule has 0 unspecified atom stereocenters. The predicted octanol–water partition coefficient (Wildman–Crippen LogP) is 2.59. The van der Waals surface area contributed by atoms with Gasteiger partial charge in [-0.1, -0.05) is 66.7 Å². The first-order chi connectivity index (χ1) is 14.6. The minimum Gasteiger partial charge on any atom is -0.454 e. The molecule has 0 saturated carbocycles. The SMILES string of the molecule is O=C(COC(=O)CNC(=O)c1cccs1)NN=C(c1ccccc1)c1ccccc1. The number of hydrogen-bond acceptors (Lipinski definition) is 6. The van der Waals surface area contributed by atoms with Gasteiger partial charge in [-0.15, -0.1) is 11.3 Å². The van der Waals surface area contributed by atoms with E-state index in [2.05, 4.69) is 15.8 Å². The topological polar surface area (TPSA) is 96.9 Å². The molecular weight excluding hydrogens is 402 g/mol. The van der Waals surface area contributed by atoms with Crippen molar-refractivity contribution in [2.75, 3.05) is 13.2 Å². The van der Waals surface area contributed by atoms with Crippen LogP contribution in [0.1, 0.15) is 20.8 Å². The molecule has 1 aromatic heterocycles. The van der Waals surface area contributed by atoms with Crippen LogP contribution in [0, 0.1) is 0 Å². The lowest BCUT2D eigenvalue weighted by Crippen LogP contribution is -2.32. The fourth-order valence-electron chi connectivity index (χ4n) is 2.48. The van der Waals surface area contributed by atoms with Gasteiger partial charge in [0, 0.05) is 11.1 Å². The summed E-state index contributed by atoms with van der Waals surface area (Å²) in [7, 11) is 0. The molecule has 7 nitrogen and oxygen atoms in total. The maximum atomic E-state index is 12.1. The van der Waals surface area contributed by atoms with Crippen LogP contribution in [0.3, 0.4) is 0 Å². The van der Waals surface area contributed by atoms with Crippen LogP contribution >= 0.6 is 11.3 Å². The highest BCUT2D eigenvalue weighted by Crippen LogP contribution is 2.10. The molecule has 2 aromatic carbocycles. The van der Waals surface area contributed by atoms with Gasteiger partial charge in [0.1, 0.15) is 6.54 Å². The number of esters is 1. The minimum absolute atomic E-state index is 0.327. The molecule has 0 bridgehead atoms. The van der Waals surface area contributed by atoms with Crippen molar-refractivity contribution in [2.24, 2.45) is 5.10 Å². The summed E-state index contributed by atoms with van der Waals surface area (Å²) in [4.78, 5) is 36.1. The van der Waals surface area contributed by atoms with E-state index in [1.165, 1.54) is 11.3 Å². The van der Waals surface area contributed by atoms with Crippen molar-refractivity contribution in [3.05, 3.63) is 94.2 Å². The number of ether oxygens (including phenoxy) is 1. The number of carbonyl (C=O) groups is 3. The first kappa shape index (κ1) is 20.9. The maximum absolute atomic E-state index is 12.1. The van der Waals surface area contributed by atoms with Crippen LogP contribution in [0.2, 0.25) is 0 Å². The Balaban J connectivity index is 1.53. The molecule has 0 spiro atoms. The molecule has 30 heavy (non-hydrogen) atoms. The van der Waals surface area contributed by atoms with E-state index in [-0.39, 0.29) is 12.5 Å². The number of nitrogens with one attached hydrogen (secondary N) is 2. The van der Waals surface area contributed by atoms with E-state index < -0.39 is 18.5 Å². The molecule has 0 aliphatic carbocycles. The number of hydrogen-bond donors (Lipinski definition) is 2. The van der Waals surface area contributed by atoms with Gasteiger partial charge in [-0.2, -0.15) is 5.10 Å². The van der Waals surface area contributed by atoms with Crippen LogP contribution in [0.4, 0.5) is 0 Å². The fourth-order valence-corrected chi connectivity index (χ4v) is 3.12. The summed E-state index contributed by atoms with van der Waals surface area (Å²) in [6.07, 6.45) is 0. The first-order valence-electron chi connectivity index (χ1n) is 9.08. The largest absolute Gasteiger partial charge is 0.454 e. The molecule has 8 heteroatoms. The molecule has 1 heterocycles. The Kier molecular flexibility index (Phi) is 7.45. The third-order valence-corrected chi connectivity index (χ3v) is 4.76. The van der Waals surface area contributed by atoms with Gasteiger partial charge in [0.15, 0.2) is 6.61 Å². The summed E-state index contributed by atoms with van der Waals surface area (Å²) in [6, 6.07) is 22.2. The maximum Gasteiger partial charge on any atom is 0.325 e. The van der Waals surface area contributed by atoms with Gasteiger partial charge in [0.25, 0.3) is 11.8 Å². The average Bonchev–Trinajstić information content (AvgIpc) is 3.33. The lowest BCUT2D eigenvalue weighted by atomic mass is 10.0. The number of benzene rings is 2. The smallest absolute Gasteiger partial charge is 0.325 e. The highest BCUT2D eigenvalue weighted by Gasteiger charge is 2.12. The van der Waals surface area contributed by atoms with Gasteiger partial charge in [-0.05, 0) is 11.4 Å². The Hall–Kier alpha value is -3.78. The fraction of sp³-hybridized carbons (Fsp3) is 0.0909. The van der Waals surface area contributed by atoms with Crippen LogP contribution < -0.4 is 10.7 Å². The summed E-state index contributed by atoms with van der Waals surface area (Å²) in [6.45, 7) is -0.833. The Morgan fingerprint density at radius 3 is 2.07 bits per heavy atom. The number of rotatable bonds is 8. The molecule has 0 aliphatic rings. The molecule has 0 aliphatic heterocycles. The molecule has 0 fully saturated rings. The van der Waals surface area contributed by atoms with Crippen molar-refractivity contribution in [3.8, 4) is 0 Å². The molecule has 0 radical (unpaired) electrons. The number of carbonyl (C=O) groups excluding carboxylic acids is 3. The number of amides is 2. The van der Waals surface area contributed by atoms with Crippen LogP contribution in [0.25, 0.3) is 0 Å². The Bertz CT molecular complexity index is 978. The van der Waals surface area contributed by atoms with Crippen LogP contribution in [-0.2, 0) is 14.3 Å². The zero-order chi connectivity index (χ0) is 21.2. The van der Waals surface area contributed by atoms with Gasteiger partial charge in [-0.25, -0.2) is 5.43 Å². The van der Waals surface area contributed by atoms with E-state index >= 15 is 0 Å². The zero-order valence-corrected chi connectivity index (χ0v) is 16.7. The summed E-state index contributed by atoms with van der Waals surface area (Å²) in [5.74, 6) is -1.67. The molecule has 0 saturated heterocycles. The predicted molar refractivity (Wildman–Crippen MR) is 114 cm³/mol. The van der Waals surface area contributed by atoms with Crippen molar-refractivity contribution < 1.29 is 19.1 Å². The molecule has 2 amide bonds. The molecule has 0 atom stereocenters. The van der Waals surface area contributed by atoms with Crippen molar-refractivity contribution in [3.63, 3.8) is 0 Å². The third-order valence-electron chi connectivity index (χ3n) is 3.89. The highest BCUT2D eigenvalue weighted by atomic mass is 32.1. The number of thiophene rings is 1. The van der Waals surface area contributed by atoms with Crippen molar-refractivity contribution in [2.45, 2.75) is 0 Å². The molecule has 3 rings (SSSR count). The van der Waals surface area contributed by atoms with E-state index in [1.54, 1.807) is 17.5 Å². The molecule has 3 aromatic rings. The van der Waals surface area contributed by atoms with Crippen LogP contribution in [0.5, 0.6) is 0 Å². The van der Waals surface area contributed by atoms with Gasteiger partial charge in [0.05, 0.1) is 10.6 Å². The number of hydrazone groups is 1. The van der Waals surface area contributed by atoms with Crippen LogP contribution in [-0.4, -0.2) is 36.6 Å². The first-order valence-corrected chi connectivity index (χ1v) is 9.96. The van der Waals surface area contributed by atoms with Gasteiger partial charge < -0.3 is 10.1 Å². The summed E-state index contributed by atoms with van der Waals surface area (Å²) in [5.41, 5.74) is 4.65. The van der Waals surface area contributed by atoms with Crippen molar-refractivity contribution >= 4 is 34.8 Å². The standard InChI is InChI=1S/C22H19N3O4S/c26-19(15-29-20(27)14-23-22(28)18-12-7-13-30-18)24-25-21(16-8-3-1-4-9-16)17-10-5-2-6-11-17/h1-13H,14-15H2,(H,23,28)(H,24,26). The average molecular weight is 421 g/mol.